The number of thiophene rings is 1. The third-order valence-corrected chi connectivity index (χ3v) is 5.08. The molecule has 1 unspecified atom stereocenters. The zero-order valence-corrected chi connectivity index (χ0v) is 14.1. The van der Waals surface area contributed by atoms with Crippen molar-refractivity contribution in [3.8, 4) is 0 Å². The number of hydrogen-bond donors (Lipinski definition) is 1. The lowest BCUT2D eigenvalue weighted by atomic mass is 10.2. The van der Waals surface area contributed by atoms with Gasteiger partial charge in [-0.25, -0.2) is 0 Å². The monoisotopic (exact) mass is 311 g/mol. The molecule has 0 aliphatic heterocycles. The van der Waals surface area contributed by atoms with Crippen LogP contribution in [0.4, 0.5) is 0 Å². The highest BCUT2D eigenvalue weighted by molar-refractivity contribution is 7.12. The zero-order valence-electron chi connectivity index (χ0n) is 12.5. The molecular weight excluding hydrogens is 290 g/mol. The Morgan fingerprint density at radius 3 is 2.70 bits per heavy atom. The second-order valence-electron chi connectivity index (χ2n) is 4.93. The molecule has 0 saturated carbocycles. The third kappa shape index (κ3) is 3.25. The van der Waals surface area contributed by atoms with Crippen molar-refractivity contribution in [3.63, 3.8) is 0 Å². The van der Waals surface area contributed by atoms with Gasteiger partial charge in [-0.05, 0) is 39.3 Å². The predicted molar refractivity (Wildman–Crippen MR) is 86.6 cm³/mol. The molecule has 2 aromatic heterocycles. The fourth-order valence-corrected chi connectivity index (χ4v) is 3.46. The summed E-state index contributed by atoms with van der Waals surface area (Å²) in [5.74, 6) is 0. The topological polar surface area (TPSA) is 29.9 Å². The number of rotatable bonds is 6. The summed E-state index contributed by atoms with van der Waals surface area (Å²) >= 11 is 8.26. The summed E-state index contributed by atoms with van der Waals surface area (Å²) in [6.45, 7) is 10.1. The summed E-state index contributed by atoms with van der Waals surface area (Å²) in [4.78, 5) is 2.70. The zero-order chi connectivity index (χ0) is 14.7. The standard InChI is InChI=1S/C15H22ClN3S/c1-5-12-15(16)13(19(6-2)18-12)9-17-11(4)14-8-7-10(3)20-14/h7-8,11,17H,5-6,9H2,1-4H3. The molecule has 3 nitrogen and oxygen atoms in total. The van der Waals surface area contributed by atoms with Crippen molar-refractivity contribution in [2.24, 2.45) is 0 Å². The highest BCUT2D eigenvalue weighted by Crippen LogP contribution is 2.25. The maximum absolute atomic E-state index is 6.42. The normalized spacial score (nSPS) is 12.8. The molecule has 2 aromatic rings. The first-order valence-corrected chi connectivity index (χ1v) is 8.30. The van der Waals surface area contributed by atoms with Gasteiger partial charge in [0.2, 0.25) is 0 Å². The first kappa shape index (κ1) is 15.5. The van der Waals surface area contributed by atoms with Crippen LogP contribution in [0.2, 0.25) is 5.02 Å². The van der Waals surface area contributed by atoms with E-state index in [1.54, 1.807) is 0 Å². The van der Waals surface area contributed by atoms with Crippen LogP contribution in [0.5, 0.6) is 0 Å². The van der Waals surface area contributed by atoms with Crippen LogP contribution in [-0.2, 0) is 19.5 Å². The molecule has 0 aliphatic rings. The number of aryl methyl sites for hydroxylation is 3. The first-order chi connectivity index (χ1) is 9.56. The molecule has 1 N–H and O–H groups in total. The second kappa shape index (κ2) is 6.74. The van der Waals surface area contributed by atoms with Gasteiger partial charge in [0.25, 0.3) is 0 Å². The smallest absolute Gasteiger partial charge is 0.0863 e. The summed E-state index contributed by atoms with van der Waals surface area (Å²) in [5, 5.41) is 8.91. The predicted octanol–water partition coefficient (Wildman–Crippen LogP) is 4.34. The molecule has 0 bridgehead atoms. The molecule has 2 heterocycles. The molecule has 0 fully saturated rings. The van der Waals surface area contributed by atoms with E-state index in [-0.39, 0.29) is 0 Å². The number of hydrogen-bond acceptors (Lipinski definition) is 3. The van der Waals surface area contributed by atoms with Crippen molar-refractivity contribution in [2.75, 3.05) is 0 Å². The summed E-state index contributed by atoms with van der Waals surface area (Å²) in [5.41, 5.74) is 2.08. The van der Waals surface area contributed by atoms with Gasteiger partial charge in [0, 0.05) is 28.9 Å². The molecule has 0 radical (unpaired) electrons. The van der Waals surface area contributed by atoms with Crippen LogP contribution in [-0.4, -0.2) is 9.78 Å². The number of nitrogens with zero attached hydrogens (tertiary/aromatic N) is 2. The van der Waals surface area contributed by atoms with Crippen LogP contribution in [0.1, 0.15) is 48.0 Å². The Labute approximate surface area is 130 Å². The number of nitrogens with one attached hydrogen (secondary N) is 1. The largest absolute Gasteiger partial charge is 0.304 e. The maximum atomic E-state index is 6.42. The Kier molecular flexibility index (Phi) is 5.24. The van der Waals surface area contributed by atoms with Crippen molar-refractivity contribution < 1.29 is 0 Å². The Balaban J connectivity index is 2.08. The second-order valence-corrected chi connectivity index (χ2v) is 6.63. The van der Waals surface area contributed by atoms with Gasteiger partial charge in [0.15, 0.2) is 0 Å². The number of halogens is 1. The Hall–Kier alpha value is -0.840. The number of aromatic nitrogens is 2. The van der Waals surface area contributed by atoms with E-state index in [9.17, 15) is 0 Å². The molecule has 0 amide bonds. The first-order valence-electron chi connectivity index (χ1n) is 7.10. The molecule has 0 spiro atoms. The lowest BCUT2D eigenvalue weighted by molar-refractivity contribution is 0.535. The van der Waals surface area contributed by atoms with E-state index in [4.69, 9.17) is 11.6 Å². The maximum Gasteiger partial charge on any atom is 0.0863 e. The quantitative estimate of drug-likeness (QED) is 0.860. The molecule has 0 saturated heterocycles. The minimum atomic E-state index is 0.329. The third-order valence-electron chi connectivity index (χ3n) is 3.46. The lowest BCUT2D eigenvalue weighted by Gasteiger charge is -2.13. The minimum absolute atomic E-state index is 0.329. The van der Waals surface area contributed by atoms with Crippen LogP contribution in [0.25, 0.3) is 0 Å². The van der Waals surface area contributed by atoms with E-state index in [0.717, 1.165) is 35.9 Å². The molecule has 110 valence electrons. The van der Waals surface area contributed by atoms with Gasteiger partial charge >= 0.3 is 0 Å². The van der Waals surface area contributed by atoms with Gasteiger partial charge < -0.3 is 5.32 Å². The van der Waals surface area contributed by atoms with Crippen LogP contribution in [0, 0.1) is 6.92 Å². The van der Waals surface area contributed by atoms with E-state index in [0.29, 0.717) is 6.04 Å². The molecule has 5 heteroatoms. The summed E-state index contributed by atoms with van der Waals surface area (Å²) in [6.07, 6.45) is 0.874. The fourth-order valence-electron chi connectivity index (χ4n) is 2.22. The van der Waals surface area contributed by atoms with Crippen molar-refractivity contribution in [1.82, 2.24) is 15.1 Å². The molecule has 2 rings (SSSR count). The van der Waals surface area contributed by atoms with Crippen LogP contribution < -0.4 is 5.32 Å². The highest BCUT2D eigenvalue weighted by atomic mass is 35.5. The van der Waals surface area contributed by atoms with E-state index < -0.39 is 0 Å². The van der Waals surface area contributed by atoms with Gasteiger partial charge in [-0.3, -0.25) is 4.68 Å². The Morgan fingerprint density at radius 1 is 1.40 bits per heavy atom. The van der Waals surface area contributed by atoms with Crippen molar-refractivity contribution in [2.45, 2.75) is 53.2 Å². The molecule has 0 aliphatic carbocycles. The van der Waals surface area contributed by atoms with E-state index in [2.05, 4.69) is 50.2 Å². The van der Waals surface area contributed by atoms with E-state index in [1.807, 2.05) is 16.0 Å². The summed E-state index contributed by atoms with van der Waals surface area (Å²) < 4.78 is 2.00. The summed E-state index contributed by atoms with van der Waals surface area (Å²) in [6, 6.07) is 4.68. The Bertz CT molecular complexity index is 574. The fraction of sp³-hybridized carbons (Fsp3) is 0.533. The van der Waals surface area contributed by atoms with Crippen LogP contribution >= 0.6 is 22.9 Å². The Morgan fingerprint density at radius 2 is 2.15 bits per heavy atom. The van der Waals surface area contributed by atoms with Gasteiger partial charge in [-0.1, -0.05) is 18.5 Å². The van der Waals surface area contributed by atoms with E-state index >= 15 is 0 Å². The lowest BCUT2D eigenvalue weighted by Crippen LogP contribution is -2.19. The van der Waals surface area contributed by atoms with Gasteiger partial charge in [0.1, 0.15) is 0 Å². The average Bonchev–Trinajstić information content (AvgIpc) is 3.00. The summed E-state index contributed by atoms with van der Waals surface area (Å²) in [7, 11) is 0. The molecule has 0 aromatic carbocycles. The minimum Gasteiger partial charge on any atom is -0.304 e. The van der Waals surface area contributed by atoms with Gasteiger partial charge in [-0.15, -0.1) is 11.3 Å². The van der Waals surface area contributed by atoms with Crippen LogP contribution in [0.15, 0.2) is 12.1 Å². The molecule has 1 atom stereocenters. The molecular formula is C15H22ClN3S. The SMILES string of the molecule is CCc1nn(CC)c(CNC(C)c2ccc(C)s2)c1Cl. The van der Waals surface area contributed by atoms with Crippen LogP contribution in [0.3, 0.4) is 0 Å². The van der Waals surface area contributed by atoms with Crippen molar-refractivity contribution in [1.29, 1.82) is 0 Å². The highest BCUT2D eigenvalue weighted by Gasteiger charge is 2.15. The molecule has 20 heavy (non-hydrogen) atoms. The van der Waals surface area contributed by atoms with Gasteiger partial charge in [-0.2, -0.15) is 5.10 Å². The van der Waals surface area contributed by atoms with Crippen molar-refractivity contribution >= 4 is 22.9 Å². The average molecular weight is 312 g/mol. The van der Waals surface area contributed by atoms with Crippen molar-refractivity contribution in [3.05, 3.63) is 38.3 Å². The van der Waals surface area contributed by atoms with Gasteiger partial charge in [0.05, 0.1) is 16.4 Å². The van der Waals surface area contributed by atoms with E-state index in [1.165, 1.54) is 9.75 Å².